The fraction of sp³-hybridized carbons (Fsp3) is 0.556. The van der Waals surface area contributed by atoms with Crippen LogP contribution >= 0.6 is 0 Å². The molecule has 0 spiro atoms. The van der Waals surface area contributed by atoms with Crippen LogP contribution in [0.4, 0.5) is 0 Å². The Balaban J connectivity index is 2.62. The predicted molar refractivity (Wildman–Crippen MR) is 82.7 cm³/mol. The third kappa shape index (κ3) is 5.08. The summed E-state index contributed by atoms with van der Waals surface area (Å²) in [6.07, 6.45) is 17.6. The third-order valence-corrected chi connectivity index (χ3v) is 3.69. The molecule has 100 valence electrons. The molecule has 0 saturated heterocycles. The Bertz CT molecular complexity index is 363. The van der Waals surface area contributed by atoms with E-state index < -0.39 is 0 Å². The molecule has 1 atom stereocenters. The first-order valence-electron chi connectivity index (χ1n) is 7.36. The van der Waals surface area contributed by atoms with Crippen LogP contribution in [0.2, 0.25) is 0 Å². The minimum Gasteiger partial charge on any atom is -0.0845 e. The van der Waals surface area contributed by atoms with Crippen LogP contribution < -0.4 is 0 Å². The van der Waals surface area contributed by atoms with E-state index >= 15 is 0 Å². The summed E-state index contributed by atoms with van der Waals surface area (Å²) in [5, 5.41) is 0. The van der Waals surface area contributed by atoms with E-state index in [4.69, 9.17) is 0 Å². The molecule has 18 heavy (non-hydrogen) atoms. The van der Waals surface area contributed by atoms with E-state index in [1.807, 2.05) is 0 Å². The van der Waals surface area contributed by atoms with Crippen LogP contribution in [-0.2, 0) is 0 Å². The van der Waals surface area contributed by atoms with Crippen molar-refractivity contribution in [2.45, 2.75) is 59.8 Å². The van der Waals surface area contributed by atoms with E-state index in [0.29, 0.717) is 0 Å². The molecule has 0 bridgehead atoms. The molecule has 1 rings (SSSR count). The van der Waals surface area contributed by atoms with Crippen LogP contribution in [0, 0.1) is 5.92 Å². The lowest BCUT2D eigenvalue weighted by Crippen LogP contribution is -2.06. The highest BCUT2D eigenvalue weighted by Crippen LogP contribution is 2.30. The molecule has 0 nitrogen and oxygen atoms in total. The number of unbranched alkanes of at least 4 members (excludes halogenated alkanes) is 1. The molecule has 0 aliphatic heterocycles. The first-order valence-corrected chi connectivity index (χ1v) is 7.36. The first kappa shape index (κ1) is 15.0. The van der Waals surface area contributed by atoms with Crippen LogP contribution in [0.5, 0.6) is 0 Å². The molecule has 0 amide bonds. The molecule has 0 radical (unpaired) electrons. The van der Waals surface area contributed by atoms with Gasteiger partial charge in [0, 0.05) is 0 Å². The van der Waals surface area contributed by atoms with E-state index in [1.165, 1.54) is 37.7 Å². The van der Waals surface area contributed by atoms with Crippen LogP contribution in [0.25, 0.3) is 0 Å². The van der Waals surface area contributed by atoms with Gasteiger partial charge in [-0.3, -0.25) is 0 Å². The van der Waals surface area contributed by atoms with Gasteiger partial charge in [0.2, 0.25) is 0 Å². The Hall–Kier alpha value is -1.04. The summed E-state index contributed by atoms with van der Waals surface area (Å²) in [4.78, 5) is 0. The molecule has 0 heterocycles. The van der Waals surface area contributed by atoms with Crippen molar-refractivity contribution < 1.29 is 0 Å². The summed E-state index contributed by atoms with van der Waals surface area (Å²) in [7, 11) is 0. The summed E-state index contributed by atoms with van der Waals surface area (Å²) < 4.78 is 0. The van der Waals surface area contributed by atoms with Crippen molar-refractivity contribution in [3.05, 3.63) is 47.1 Å². The van der Waals surface area contributed by atoms with E-state index in [-0.39, 0.29) is 0 Å². The first-order chi connectivity index (χ1) is 8.65. The van der Waals surface area contributed by atoms with Crippen molar-refractivity contribution >= 4 is 0 Å². The van der Waals surface area contributed by atoms with Gasteiger partial charge >= 0.3 is 0 Å². The number of allylic oxidation sites excluding steroid dienone is 8. The Morgan fingerprint density at radius 3 is 2.83 bits per heavy atom. The molecule has 0 aromatic heterocycles. The fourth-order valence-electron chi connectivity index (χ4n) is 2.46. The number of hydrogen-bond acceptors (Lipinski definition) is 0. The van der Waals surface area contributed by atoms with Crippen molar-refractivity contribution in [1.29, 1.82) is 0 Å². The topological polar surface area (TPSA) is 0 Å². The highest BCUT2D eigenvalue weighted by molar-refractivity contribution is 5.34. The molecular weight excluding hydrogens is 216 g/mol. The van der Waals surface area contributed by atoms with Gasteiger partial charge in [-0.1, -0.05) is 61.8 Å². The van der Waals surface area contributed by atoms with Gasteiger partial charge in [0.1, 0.15) is 0 Å². The SMILES string of the molecule is CCC/C=C/C=C(C)/C=C/C1=C(C)CCCC1C. The maximum atomic E-state index is 2.35. The van der Waals surface area contributed by atoms with Crippen molar-refractivity contribution in [3.63, 3.8) is 0 Å². The lowest BCUT2D eigenvalue weighted by Gasteiger charge is -2.22. The zero-order valence-corrected chi connectivity index (χ0v) is 12.5. The quantitative estimate of drug-likeness (QED) is 0.522. The third-order valence-electron chi connectivity index (χ3n) is 3.69. The average Bonchev–Trinajstić information content (AvgIpc) is 2.34. The van der Waals surface area contributed by atoms with Gasteiger partial charge in [-0.2, -0.15) is 0 Å². The van der Waals surface area contributed by atoms with E-state index in [2.05, 4.69) is 58.1 Å². The highest BCUT2D eigenvalue weighted by Gasteiger charge is 2.14. The molecule has 0 aromatic rings. The Labute approximate surface area is 113 Å². The van der Waals surface area contributed by atoms with Crippen molar-refractivity contribution in [2.24, 2.45) is 5.92 Å². The summed E-state index contributed by atoms with van der Waals surface area (Å²) in [5.41, 5.74) is 4.48. The van der Waals surface area contributed by atoms with Gasteiger partial charge < -0.3 is 0 Å². The van der Waals surface area contributed by atoms with Crippen molar-refractivity contribution in [1.82, 2.24) is 0 Å². The second-order valence-corrected chi connectivity index (χ2v) is 5.49. The molecule has 0 aromatic carbocycles. The Morgan fingerprint density at radius 2 is 2.17 bits per heavy atom. The second-order valence-electron chi connectivity index (χ2n) is 5.49. The van der Waals surface area contributed by atoms with Crippen LogP contribution in [0.1, 0.15) is 59.8 Å². The van der Waals surface area contributed by atoms with E-state index in [0.717, 1.165) is 5.92 Å². The molecule has 0 saturated carbocycles. The zero-order valence-electron chi connectivity index (χ0n) is 12.5. The largest absolute Gasteiger partial charge is 0.0845 e. The molecule has 1 unspecified atom stereocenters. The number of rotatable bonds is 5. The number of hydrogen-bond donors (Lipinski definition) is 0. The predicted octanol–water partition coefficient (Wildman–Crippen LogP) is 5.98. The highest BCUT2D eigenvalue weighted by atomic mass is 14.2. The fourth-order valence-corrected chi connectivity index (χ4v) is 2.46. The normalized spacial score (nSPS) is 22.4. The van der Waals surface area contributed by atoms with Crippen molar-refractivity contribution in [3.8, 4) is 0 Å². The molecule has 0 N–H and O–H groups in total. The lowest BCUT2D eigenvalue weighted by atomic mass is 9.84. The summed E-state index contributed by atoms with van der Waals surface area (Å²) in [6, 6.07) is 0. The van der Waals surface area contributed by atoms with Gasteiger partial charge in [-0.05, 0) is 51.0 Å². The second kappa shape index (κ2) is 8.13. The van der Waals surface area contributed by atoms with Crippen LogP contribution in [0.15, 0.2) is 47.1 Å². The van der Waals surface area contributed by atoms with Crippen LogP contribution in [-0.4, -0.2) is 0 Å². The maximum absolute atomic E-state index is 2.35. The molecule has 0 fully saturated rings. The van der Waals surface area contributed by atoms with Gasteiger partial charge in [-0.25, -0.2) is 0 Å². The Morgan fingerprint density at radius 1 is 1.39 bits per heavy atom. The zero-order chi connectivity index (χ0) is 13.4. The monoisotopic (exact) mass is 244 g/mol. The molecular formula is C18H28. The van der Waals surface area contributed by atoms with Crippen molar-refractivity contribution in [2.75, 3.05) is 0 Å². The van der Waals surface area contributed by atoms with E-state index in [1.54, 1.807) is 11.1 Å². The maximum Gasteiger partial charge on any atom is -0.0191 e. The van der Waals surface area contributed by atoms with E-state index in [9.17, 15) is 0 Å². The van der Waals surface area contributed by atoms with Gasteiger partial charge in [0.15, 0.2) is 0 Å². The summed E-state index contributed by atoms with van der Waals surface area (Å²) >= 11 is 0. The van der Waals surface area contributed by atoms with Crippen LogP contribution in [0.3, 0.4) is 0 Å². The smallest absolute Gasteiger partial charge is 0.0191 e. The minimum absolute atomic E-state index is 0.735. The average molecular weight is 244 g/mol. The minimum atomic E-state index is 0.735. The summed E-state index contributed by atoms with van der Waals surface area (Å²) in [6.45, 7) is 9.02. The summed E-state index contributed by atoms with van der Waals surface area (Å²) in [5.74, 6) is 0.735. The van der Waals surface area contributed by atoms with Gasteiger partial charge in [-0.15, -0.1) is 0 Å². The molecule has 1 aliphatic rings. The Kier molecular flexibility index (Phi) is 6.78. The molecule has 0 heteroatoms. The van der Waals surface area contributed by atoms with Gasteiger partial charge in [0.05, 0.1) is 0 Å². The lowest BCUT2D eigenvalue weighted by molar-refractivity contribution is 0.546. The molecule has 1 aliphatic carbocycles. The van der Waals surface area contributed by atoms with Gasteiger partial charge in [0.25, 0.3) is 0 Å². The standard InChI is InChI=1S/C18H28/c1-5-6-7-8-10-15(2)13-14-18-16(3)11-9-12-17(18)4/h7-8,10,13-14,16H,5-6,9,11-12H2,1-4H3/b8-7+,14-13+,15-10+.